The number of anilines is 1. The smallest absolute Gasteiger partial charge is 0.264 e. The Bertz CT molecular complexity index is 1710. The molecule has 1 fully saturated rings. The molecule has 1 saturated carbocycles. The molecule has 2 aromatic rings. The van der Waals surface area contributed by atoms with Crippen LogP contribution in [0, 0.1) is 29.5 Å². The monoisotopic (exact) mass is 672 g/mol. The van der Waals surface area contributed by atoms with E-state index in [0.29, 0.717) is 49.5 Å². The topological polar surface area (TPSA) is 94.2 Å². The number of halogens is 2. The van der Waals surface area contributed by atoms with Crippen molar-refractivity contribution in [3.05, 3.63) is 69.5 Å². The van der Waals surface area contributed by atoms with E-state index >= 15 is 4.39 Å². The Balaban J connectivity index is 1.35. The van der Waals surface area contributed by atoms with Gasteiger partial charge in [0.15, 0.2) is 5.79 Å². The lowest BCUT2D eigenvalue weighted by atomic mass is 9.62. The number of allylic oxidation sites excluding steroid dienone is 1. The van der Waals surface area contributed by atoms with Crippen LogP contribution in [-0.2, 0) is 31.3 Å². The third kappa shape index (κ3) is 4.89. The molecule has 8 nitrogen and oxygen atoms in total. The maximum Gasteiger partial charge on any atom is 0.264 e. The number of fused-ring (bicyclic) bond motifs is 6. The molecule has 1 N–H and O–H groups in total. The number of rotatable bonds is 2. The number of nitrogens with one attached hydrogen (secondary N) is 1. The number of sulfonamides is 1. The number of hydrogen-bond acceptors (Lipinski definition) is 7. The van der Waals surface area contributed by atoms with Gasteiger partial charge in [-0.1, -0.05) is 30.7 Å². The predicted octanol–water partition coefficient (Wildman–Crippen LogP) is 6.01. The standard InChI is InChI=1S/C35H42ClFN2O6S/c1-20-21(2)46(41,42)38-33(40)22-8-12-31-30(16-22)39(17-23-7-9-27(23)35(43-3,44-4)25-14-24(20)15-25)18-34(19-45-31)13-5-6-26-28(34)10-11-29(36)32(26)37/h8,10-12,14,16,20-21,23-24,27H,5-7,9,13,15,17-19H2,1-4H3,(H,38,40)/t20-,21-,23+,24+,27-,34+/m1/s1. The van der Waals surface area contributed by atoms with Gasteiger partial charge in [-0.15, -0.1) is 0 Å². The first-order valence-corrected chi connectivity index (χ1v) is 18.2. The van der Waals surface area contributed by atoms with E-state index in [1.54, 1.807) is 45.4 Å². The number of ether oxygens (including phenoxy) is 3. The van der Waals surface area contributed by atoms with Crippen molar-refractivity contribution in [3.8, 4) is 5.75 Å². The predicted molar refractivity (Wildman–Crippen MR) is 174 cm³/mol. The molecule has 0 radical (unpaired) electrons. The Morgan fingerprint density at radius 1 is 1.13 bits per heavy atom. The number of benzene rings is 2. The average molecular weight is 673 g/mol. The maximum atomic E-state index is 15.4. The Morgan fingerprint density at radius 3 is 2.59 bits per heavy atom. The second-order valence-corrected chi connectivity index (χ2v) is 16.4. The first-order chi connectivity index (χ1) is 21.9. The highest BCUT2D eigenvalue weighted by Gasteiger charge is 2.55. The third-order valence-corrected chi connectivity index (χ3v) is 14.0. The molecule has 3 aliphatic carbocycles. The van der Waals surface area contributed by atoms with Crippen molar-refractivity contribution in [1.82, 2.24) is 4.72 Å². The molecule has 2 aromatic carbocycles. The normalized spacial score (nSPS) is 32.8. The molecule has 0 aromatic heterocycles. The van der Waals surface area contributed by atoms with Gasteiger partial charge in [0.1, 0.15) is 11.6 Å². The summed E-state index contributed by atoms with van der Waals surface area (Å²) in [5.74, 6) is -1.28. The van der Waals surface area contributed by atoms with Gasteiger partial charge in [0, 0.05) is 44.2 Å². The summed E-state index contributed by atoms with van der Waals surface area (Å²) >= 11 is 6.23. The minimum Gasteiger partial charge on any atom is -0.490 e. The van der Waals surface area contributed by atoms with E-state index in [0.717, 1.165) is 36.8 Å². The van der Waals surface area contributed by atoms with E-state index in [-0.39, 0.29) is 40.1 Å². The zero-order valence-corrected chi connectivity index (χ0v) is 28.3. The molecule has 248 valence electrons. The summed E-state index contributed by atoms with van der Waals surface area (Å²) in [7, 11) is -0.606. The molecule has 8 rings (SSSR count). The summed E-state index contributed by atoms with van der Waals surface area (Å²) in [6.07, 6.45) is 6.87. The lowest BCUT2D eigenvalue weighted by Gasteiger charge is -2.53. The maximum absolute atomic E-state index is 15.4. The molecule has 6 atom stereocenters. The Hall–Kier alpha value is -2.66. The van der Waals surface area contributed by atoms with Gasteiger partial charge in [-0.05, 0) is 104 Å². The van der Waals surface area contributed by atoms with Crippen molar-refractivity contribution < 1.29 is 31.8 Å². The van der Waals surface area contributed by atoms with Crippen LogP contribution in [0.25, 0.3) is 0 Å². The van der Waals surface area contributed by atoms with Crippen LogP contribution in [0.5, 0.6) is 5.75 Å². The van der Waals surface area contributed by atoms with Crippen molar-refractivity contribution in [2.45, 2.75) is 68.8 Å². The first kappa shape index (κ1) is 31.9. The number of carbonyl (C=O) groups is 1. The van der Waals surface area contributed by atoms with Crippen LogP contribution < -0.4 is 14.4 Å². The fraction of sp³-hybridized carbons (Fsp3) is 0.571. The number of carbonyl (C=O) groups excluding carboxylic acids is 1. The third-order valence-electron chi connectivity index (χ3n) is 11.8. The second kappa shape index (κ2) is 11.5. The SMILES string of the molecule is COC1(OC)C2=C[C@@H](C2)[C@H](C)[C@@H](C)S(=O)(=O)NC(=O)c2ccc3c(c2)N(C[C@@H]2CC[C@H]21)C[C@@]1(CCCc2c1ccc(Cl)c2F)CO3. The van der Waals surface area contributed by atoms with Gasteiger partial charge in [-0.3, -0.25) is 4.79 Å². The largest absolute Gasteiger partial charge is 0.490 e. The summed E-state index contributed by atoms with van der Waals surface area (Å²) in [4.78, 5) is 15.8. The van der Waals surface area contributed by atoms with Crippen LogP contribution in [-0.4, -0.2) is 59.3 Å². The highest BCUT2D eigenvalue weighted by atomic mass is 35.5. The molecule has 0 saturated heterocycles. The minimum absolute atomic E-state index is 0.0153. The van der Waals surface area contributed by atoms with E-state index in [1.807, 2.05) is 13.0 Å². The number of hydrogen-bond donors (Lipinski definition) is 1. The van der Waals surface area contributed by atoms with Crippen molar-refractivity contribution in [1.29, 1.82) is 0 Å². The Kier molecular flexibility index (Phi) is 7.98. The van der Waals surface area contributed by atoms with E-state index in [2.05, 4.69) is 15.7 Å². The lowest BCUT2D eigenvalue weighted by Crippen LogP contribution is -2.56. The fourth-order valence-electron chi connectivity index (χ4n) is 8.73. The van der Waals surface area contributed by atoms with Crippen LogP contribution in [0.1, 0.15) is 67.4 Å². The summed E-state index contributed by atoms with van der Waals surface area (Å²) in [6, 6.07) is 8.66. The minimum atomic E-state index is -3.98. The van der Waals surface area contributed by atoms with Crippen LogP contribution in [0.15, 0.2) is 42.0 Å². The Labute approximate surface area is 275 Å². The average Bonchev–Trinajstić information content (AvgIpc) is 3.15. The number of nitrogens with zero attached hydrogens (tertiary/aromatic N) is 1. The van der Waals surface area contributed by atoms with Crippen molar-refractivity contribution in [3.63, 3.8) is 0 Å². The van der Waals surface area contributed by atoms with Crippen LogP contribution in [0.4, 0.5) is 10.1 Å². The van der Waals surface area contributed by atoms with Crippen molar-refractivity contribution in [2.75, 3.05) is 38.8 Å². The summed E-state index contributed by atoms with van der Waals surface area (Å²) < 4.78 is 63.6. The van der Waals surface area contributed by atoms with Crippen molar-refractivity contribution >= 4 is 33.2 Å². The number of amides is 1. The molecule has 0 unspecified atom stereocenters. The van der Waals surface area contributed by atoms with Gasteiger partial charge in [0.05, 0.1) is 22.6 Å². The molecule has 3 heterocycles. The number of methoxy groups -OCH3 is 2. The van der Waals surface area contributed by atoms with E-state index in [1.165, 1.54) is 0 Å². The van der Waals surface area contributed by atoms with Crippen LogP contribution >= 0.6 is 11.6 Å². The van der Waals surface area contributed by atoms with Gasteiger partial charge < -0.3 is 19.1 Å². The molecular formula is C35H42ClFN2O6S. The van der Waals surface area contributed by atoms with E-state index < -0.39 is 32.4 Å². The highest BCUT2D eigenvalue weighted by Crippen LogP contribution is 2.54. The first-order valence-electron chi connectivity index (χ1n) is 16.3. The summed E-state index contributed by atoms with van der Waals surface area (Å²) in [6.45, 7) is 5.08. The second-order valence-electron chi connectivity index (χ2n) is 14.0. The zero-order valence-electron chi connectivity index (χ0n) is 26.8. The molecule has 3 aliphatic heterocycles. The van der Waals surface area contributed by atoms with Crippen LogP contribution in [0.3, 0.4) is 0 Å². The molecule has 4 bridgehead atoms. The summed E-state index contributed by atoms with van der Waals surface area (Å²) in [5, 5.41) is -0.683. The molecular weight excluding hydrogens is 631 g/mol. The lowest BCUT2D eigenvalue weighted by molar-refractivity contribution is -0.245. The Morgan fingerprint density at radius 2 is 1.89 bits per heavy atom. The van der Waals surface area contributed by atoms with Gasteiger partial charge in [-0.2, -0.15) is 0 Å². The molecule has 11 heteroatoms. The fourth-order valence-corrected chi connectivity index (χ4v) is 10.2. The van der Waals surface area contributed by atoms with Crippen LogP contribution in [0.2, 0.25) is 5.02 Å². The van der Waals surface area contributed by atoms with Crippen molar-refractivity contribution in [2.24, 2.45) is 23.7 Å². The molecule has 6 aliphatic rings. The molecule has 1 amide bonds. The van der Waals surface area contributed by atoms with Gasteiger partial charge >= 0.3 is 0 Å². The highest BCUT2D eigenvalue weighted by molar-refractivity contribution is 7.90. The van der Waals surface area contributed by atoms with E-state index in [4.69, 9.17) is 25.8 Å². The molecule has 46 heavy (non-hydrogen) atoms. The van der Waals surface area contributed by atoms with Gasteiger partial charge in [0.25, 0.3) is 5.91 Å². The molecule has 1 spiro atoms. The van der Waals surface area contributed by atoms with Gasteiger partial charge in [-0.25, -0.2) is 17.5 Å². The van der Waals surface area contributed by atoms with Gasteiger partial charge in [0.2, 0.25) is 10.0 Å². The summed E-state index contributed by atoms with van der Waals surface area (Å²) in [5.41, 5.74) is 3.02. The quantitative estimate of drug-likeness (QED) is 0.309. The zero-order chi connectivity index (χ0) is 32.6. The van der Waals surface area contributed by atoms with E-state index in [9.17, 15) is 13.2 Å².